The van der Waals surface area contributed by atoms with Crippen LogP contribution in [-0.2, 0) is 9.53 Å². The molecule has 1 aromatic heterocycles. The first kappa shape index (κ1) is 17.0. The molecular weight excluding hydrogens is 340 g/mol. The van der Waals surface area contributed by atoms with Crippen LogP contribution in [0.4, 0.5) is 0 Å². The van der Waals surface area contributed by atoms with Gasteiger partial charge in [0.05, 0.1) is 17.1 Å². The molecule has 0 bridgehead atoms. The lowest BCUT2D eigenvalue weighted by Gasteiger charge is -2.47. The van der Waals surface area contributed by atoms with Crippen LogP contribution >= 0.6 is 11.8 Å². The molecule has 136 valence electrons. The fourth-order valence-corrected chi connectivity index (χ4v) is 5.46. The number of likely N-dealkylation sites (tertiary alicyclic amines) is 2. The number of ether oxygens (including phenoxy) is 1. The molecule has 6 nitrogen and oxygen atoms in total. The lowest BCUT2D eigenvalue weighted by Crippen LogP contribution is -2.60. The van der Waals surface area contributed by atoms with Crippen LogP contribution in [0.3, 0.4) is 0 Å². The highest BCUT2D eigenvalue weighted by atomic mass is 32.2. The zero-order valence-corrected chi connectivity index (χ0v) is 15.3. The zero-order chi connectivity index (χ0) is 17.4. The third-order valence-electron chi connectivity index (χ3n) is 5.38. The Balaban J connectivity index is 1.24. The van der Waals surface area contributed by atoms with Crippen molar-refractivity contribution in [2.24, 2.45) is 0 Å². The average molecular weight is 364 g/mol. The van der Waals surface area contributed by atoms with Crippen LogP contribution in [0.2, 0.25) is 0 Å². The molecule has 0 aromatic carbocycles. The Morgan fingerprint density at radius 1 is 1.32 bits per heavy atom. The van der Waals surface area contributed by atoms with Gasteiger partial charge in [0.25, 0.3) is 5.91 Å². The van der Waals surface area contributed by atoms with Gasteiger partial charge in [0.1, 0.15) is 6.61 Å². The Bertz CT molecular complexity index is 662. The molecule has 0 aliphatic carbocycles. The van der Waals surface area contributed by atoms with Gasteiger partial charge in [-0.1, -0.05) is 0 Å². The van der Waals surface area contributed by atoms with Crippen molar-refractivity contribution in [3.05, 3.63) is 23.7 Å². The summed E-state index contributed by atoms with van der Waals surface area (Å²) >= 11 is 1.87. The minimum atomic E-state index is -0.0256. The van der Waals surface area contributed by atoms with Crippen LogP contribution < -0.4 is 0 Å². The number of furan rings is 1. The Labute approximate surface area is 151 Å². The molecule has 1 atom stereocenters. The molecular formula is C18H24N2O4S. The second-order valence-electron chi connectivity index (χ2n) is 7.31. The lowest BCUT2D eigenvalue weighted by atomic mass is 9.92. The average Bonchev–Trinajstić information content (AvgIpc) is 3.30. The number of rotatable bonds is 4. The standard InChI is InChI=1S/C18H24N2O4S/c1-13-4-7-23-16(13)17(22)20-11-18(12-20)8-14(10-25-18)24-9-15(21)19-5-2-3-6-19/h4,7,14H,2-3,5-6,8-12H2,1H3/t14-/m1/s1. The topological polar surface area (TPSA) is 63.0 Å². The molecule has 7 heteroatoms. The lowest BCUT2D eigenvalue weighted by molar-refractivity contribution is -0.136. The van der Waals surface area contributed by atoms with Gasteiger partial charge < -0.3 is 19.0 Å². The van der Waals surface area contributed by atoms with E-state index in [-0.39, 0.29) is 29.3 Å². The van der Waals surface area contributed by atoms with Crippen molar-refractivity contribution >= 4 is 23.6 Å². The summed E-state index contributed by atoms with van der Waals surface area (Å²) in [5.74, 6) is 1.43. The first-order chi connectivity index (χ1) is 12.1. The van der Waals surface area contributed by atoms with Crippen molar-refractivity contribution in [3.63, 3.8) is 0 Å². The molecule has 0 radical (unpaired) electrons. The Morgan fingerprint density at radius 2 is 2.08 bits per heavy atom. The summed E-state index contributed by atoms with van der Waals surface area (Å²) in [6.45, 7) is 5.28. The van der Waals surface area contributed by atoms with Gasteiger partial charge in [0, 0.05) is 37.5 Å². The molecule has 0 unspecified atom stereocenters. The van der Waals surface area contributed by atoms with Gasteiger partial charge in [0.2, 0.25) is 5.91 Å². The summed E-state index contributed by atoms with van der Waals surface area (Å²) < 4.78 is 11.3. The number of nitrogens with zero attached hydrogens (tertiary/aromatic N) is 2. The number of amides is 2. The maximum absolute atomic E-state index is 12.4. The minimum Gasteiger partial charge on any atom is -0.459 e. The molecule has 1 spiro atoms. The summed E-state index contributed by atoms with van der Waals surface area (Å²) in [5, 5.41) is 0. The first-order valence-corrected chi connectivity index (χ1v) is 9.92. The fourth-order valence-electron chi connectivity index (χ4n) is 3.91. The molecule has 3 fully saturated rings. The van der Waals surface area contributed by atoms with E-state index in [2.05, 4.69) is 0 Å². The van der Waals surface area contributed by atoms with E-state index in [1.807, 2.05) is 34.6 Å². The van der Waals surface area contributed by atoms with E-state index in [1.54, 1.807) is 6.26 Å². The maximum Gasteiger partial charge on any atom is 0.289 e. The molecule has 3 saturated heterocycles. The minimum absolute atomic E-state index is 0.0256. The van der Waals surface area contributed by atoms with Crippen molar-refractivity contribution in [3.8, 4) is 0 Å². The fraction of sp³-hybridized carbons (Fsp3) is 0.667. The van der Waals surface area contributed by atoms with E-state index in [0.29, 0.717) is 5.76 Å². The van der Waals surface area contributed by atoms with Crippen molar-refractivity contribution in [1.82, 2.24) is 9.80 Å². The van der Waals surface area contributed by atoms with E-state index < -0.39 is 0 Å². The summed E-state index contributed by atoms with van der Waals surface area (Å²) in [7, 11) is 0. The van der Waals surface area contributed by atoms with Crippen molar-refractivity contribution in [2.45, 2.75) is 37.0 Å². The van der Waals surface area contributed by atoms with Gasteiger partial charge in [-0.2, -0.15) is 0 Å². The Morgan fingerprint density at radius 3 is 2.76 bits per heavy atom. The molecule has 25 heavy (non-hydrogen) atoms. The van der Waals surface area contributed by atoms with Gasteiger partial charge in [-0.05, 0) is 32.3 Å². The van der Waals surface area contributed by atoms with Crippen LogP contribution in [0, 0.1) is 6.92 Å². The molecule has 3 aliphatic heterocycles. The van der Waals surface area contributed by atoms with Crippen molar-refractivity contribution in [2.75, 3.05) is 38.5 Å². The highest BCUT2D eigenvalue weighted by molar-refractivity contribution is 8.01. The number of carbonyl (C=O) groups is 2. The molecule has 0 N–H and O–H groups in total. The number of thioether (sulfide) groups is 1. The van der Waals surface area contributed by atoms with Crippen LogP contribution in [-0.4, -0.2) is 71.0 Å². The summed E-state index contributed by atoms with van der Waals surface area (Å²) in [6.07, 6.45) is 4.79. The van der Waals surface area contributed by atoms with Gasteiger partial charge in [-0.25, -0.2) is 0 Å². The predicted molar refractivity (Wildman–Crippen MR) is 94.7 cm³/mol. The largest absolute Gasteiger partial charge is 0.459 e. The molecule has 2 amide bonds. The number of hydrogen-bond donors (Lipinski definition) is 0. The molecule has 1 aromatic rings. The quantitative estimate of drug-likeness (QED) is 0.817. The smallest absolute Gasteiger partial charge is 0.289 e. The third-order valence-corrected chi connectivity index (χ3v) is 6.95. The summed E-state index contributed by atoms with van der Waals surface area (Å²) in [5.41, 5.74) is 0.881. The molecule has 4 rings (SSSR count). The Hall–Kier alpha value is -1.47. The second kappa shape index (κ2) is 6.68. The van der Waals surface area contributed by atoms with Gasteiger partial charge >= 0.3 is 0 Å². The number of carbonyl (C=O) groups excluding carboxylic acids is 2. The van der Waals surface area contributed by atoms with E-state index >= 15 is 0 Å². The summed E-state index contributed by atoms with van der Waals surface area (Å²) in [6, 6.07) is 1.81. The predicted octanol–water partition coefficient (Wildman–Crippen LogP) is 1.93. The van der Waals surface area contributed by atoms with Crippen molar-refractivity contribution in [1.29, 1.82) is 0 Å². The SMILES string of the molecule is Cc1ccoc1C(=O)N1CC2(C[C@@H](OCC(=O)N3CCCC3)CS2)C1. The zero-order valence-electron chi connectivity index (χ0n) is 14.5. The third kappa shape index (κ3) is 3.31. The van der Waals surface area contributed by atoms with E-state index in [4.69, 9.17) is 9.15 Å². The second-order valence-corrected chi connectivity index (χ2v) is 8.80. The number of aryl methyl sites for hydroxylation is 1. The van der Waals surface area contributed by atoms with Crippen LogP contribution in [0.15, 0.2) is 16.7 Å². The van der Waals surface area contributed by atoms with Crippen molar-refractivity contribution < 1.29 is 18.7 Å². The van der Waals surface area contributed by atoms with Gasteiger partial charge in [-0.15, -0.1) is 11.8 Å². The Kier molecular flexibility index (Phi) is 4.54. The highest BCUT2D eigenvalue weighted by Gasteiger charge is 2.51. The number of hydrogen-bond acceptors (Lipinski definition) is 5. The highest BCUT2D eigenvalue weighted by Crippen LogP contribution is 2.46. The molecule has 3 aliphatic rings. The normalized spacial score (nSPS) is 24.8. The van der Waals surface area contributed by atoms with Crippen LogP contribution in [0.1, 0.15) is 35.4 Å². The van der Waals surface area contributed by atoms with E-state index in [9.17, 15) is 9.59 Å². The summed E-state index contributed by atoms with van der Waals surface area (Å²) in [4.78, 5) is 28.3. The van der Waals surface area contributed by atoms with Crippen LogP contribution in [0.25, 0.3) is 0 Å². The molecule has 4 heterocycles. The van der Waals surface area contributed by atoms with Gasteiger partial charge in [-0.3, -0.25) is 9.59 Å². The van der Waals surface area contributed by atoms with E-state index in [1.165, 1.54) is 0 Å². The monoisotopic (exact) mass is 364 g/mol. The molecule has 0 saturated carbocycles. The maximum atomic E-state index is 12.4. The van der Waals surface area contributed by atoms with Crippen LogP contribution in [0.5, 0.6) is 0 Å². The van der Waals surface area contributed by atoms with Gasteiger partial charge in [0.15, 0.2) is 5.76 Å². The first-order valence-electron chi connectivity index (χ1n) is 8.93. The van der Waals surface area contributed by atoms with E-state index in [0.717, 1.165) is 56.8 Å².